The molecule has 282 valence electrons. The van der Waals surface area contributed by atoms with E-state index >= 15 is 0 Å². The normalized spacial score (nSPS) is 14.1. The minimum absolute atomic E-state index is 0.0251. The highest BCUT2D eigenvalue weighted by atomic mass is 35.5. The zero-order valence-corrected chi connectivity index (χ0v) is 31.0. The largest absolute Gasteiger partial charge is 0.503 e. The number of aliphatic hydroxyl groups excluding tert-OH is 1. The summed E-state index contributed by atoms with van der Waals surface area (Å²) in [5, 5.41) is 24.1. The number of aliphatic carboxylic acids is 1. The van der Waals surface area contributed by atoms with Gasteiger partial charge in [0.05, 0.1) is 18.5 Å². The molecule has 4 aromatic rings. The van der Waals surface area contributed by atoms with E-state index in [1.165, 1.54) is 4.90 Å². The van der Waals surface area contributed by atoms with Crippen molar-refractivity contribution in [3.05, 3.63) is 130 Å². The lowest BCUT2D eigenvalue weighted by atomic mass is 9.87. The third kappa shape index (κ3) is 10.3. The predicted octanol–water partition coefficient (Wildman–Crippen LogP) is 7.71. The number of nitrogens with one attached hydrogen (secondary N) is 1. The quantitative estimate of drug-likeness (QED) is 0.0659. The number of carboxylic acids is 1. The zero-order valence-electron chi connectivity index (χ0n) is 30.2. The molecular weight excluding hydrogens is 716 g/mol. The van der Waals surface area contributed by atoms with Crippen molar-refractivity contribution in [1.82, 2.24) is 4.90 Å². The summed E-state index contributed by atoms with van der Waals surface area (Å²) in [6.07, 6.45) is 0.816. The molecule has 0 spiro atoms. The number of benzene rings is 3. The number of carboxylic acid groups (broad SMARTS) is 1. The molecule has 2 heterocycles. The SMILES string of the molecule is CC(C(Cc1ccc(C(=O)Nc2ccccc2)o1)c1ccc2c(c1)OCO2)N(CC(Cl)=Cc1ccccc1)C(=O)C(O)=C(CC(=O)O)C(=O)OC(C)(C)C. The van der Waals surface area contributed by atoms with Gasteiger partial charge in [0, 0.05) is 29.1 Å². The smallest absolute Gasteiger partial charge is 0.339 e. The van der Waals surface area contributed by atoms with Crippen LogP contribution in [-0.2, 0) is 25.5 Å². The van der Waals surface area contributed by atoms with Crippen molar-refractivity contribution < 1.29 is 48.0 Å². The molecule has 13 heteroatoms. The fourth-order valence-corrected chi connectivity index (χ4v) is 6.07. The molecule has 0 bridgehead atoms. The van der Waals surface area contributed by atoms with Crippen LogP contribution in [0, 0.1) is 0 Å². The van der Waals surface area contributed by atoms with Crippen molar-refractivity contribution in [2.45, 2.75) is 58.1 Å². The Labute approximate surface area is 317 Å². The molecule has 0 aliphatic carbocycles. The molecule has 54 heavy (non-hydrogen) atoms. The van der Waals surface area contributed by atoms with Crippen LogP contribution in [0.25, 0.3) is 6.08 Å². The molecule has 1 aromatic heterocycles. The highest BCUT2D eigenvalue weighted by Gasteiger charge is 2.36. The number of fused-ring (bicyclic) bond motifs is 1. The van der Waals surface area contributed by atoms with Crippen LogP contribution in [0.2, 0.25) is 0 Å². The summed E-state index contributed by atoms with van der Waals surface area (Å²) in [4.78, 5) is 53.8. The summed E-state index contributed by atoms with van der Waals surface area (Å²) in [5.41, 5.74) is 0.238. The third-order valence-electron chi connectivity index (χ3n) is 8.40. The number of hydrogen-bond donors (Lipinski definition) is 3. The summed E-state index contributed by atoms with van der Waals surface area (Å²) in [6.45, 7) is 6.23. The second-order valence-corrected chi connectivity index (χ2v) is 14.1. The van der Waals surface area contributed by atoms with Crippen molar-refractivity contribution in [3.8, 4) is 11.5 Å². The fourth-order valence-electron chi connectivity index (χ4n) is 5.82. The summed E-state index contributed by atoms with van der Waals surface area (Å²) in [7, 11) is 0. The van der Waals surface area contributed by atoms with E-state index in [2.05, 4.69) is 5.32 Å². The van der Waals surface area contributed by atoms with Crippen LogP contribution in [0.1, 0.15) is 67.5 Å². The summed E-state index contributed by atoms with van der Waals surface area (Å²) in [5.74, 6) is -4.37. The average molecular weight is 757 g/mol. The number of para-hydroxylation sites is 1. The van der Waals surface area contributed by atoms with E-state index < -0.39 is 59.1 Å². The van der Waals surface area contributed by atoms with Crippen molar-refractivity contribution in [2.75, 3.05) is 18.7 Å². The number of ether oxygens (including phenoxy) is 3. The number of aliphatic hydroxyl groups is 1. The summed E-state index contributed by atoms with van der Waals surface area (Å²) >= 11 is 6.79. The van der Waals surface area contributed by atoms with Crippen LogP contribution in [0.5, 0.6) is 11.5 Å². The van der Waals surface area contributed by atoms with E-state index in [0.29, 0.717) is 28.5 Å². The molecule has 1 aliphatic rings. The van der Waals surface area contributed by atoms with E-state index in [0.717, 1.165) is 5.56 Å². The Morgan fingerprint density at radius 1 is 0.926 bits per heavy atom. The van der Waals surface area contributed by atoms with E-state index in [9.17, 15) is 29.4 Å². The maximum Gasteiger partial charge on any atom is 0.339 e. The molecule has 0 fully saturated rings. The molecule has 3 N–H and O–H groups in total. The fraction of sp³-hybridized carbons (Fsp3) is 0.268. The number of nitrogens with zero attached hydrogens (tertiary/aromatic N) is 1. The van der Waals surface area contributed by atoms with Gasteiger partial charge in [-0.1, -0.05) is 66.2 Å². The number of amides is 2. The highest BCUT2D eigenvalue weighted by molar-refractivity contribution is 6.32. The van der Waals surface area contributed by atoms with Gasteiger partial charge < -0.3 is 39.1 Å². The van der Waals surface area contributed by atoms with E-state index in [1.54, 1.807) is 88.4 Å². The second-order valence-electron chi connectivity index (χ2n) is 13.6. The number of rotatable bonds is 14. The van der Waals surface area contributed by atoms with Gasteiger partial charge in [-0.25, -0.2) is 4.79 Å². The molecule has 0 radical (unpaired) electrons. The Kier molecular flexibility index (Phi) is 12.5. The van der Waals surface area contributed by atoms with Gasteiger partial charge in [0.15, 0.2) is 23.0 Å². The molecule has 0 saturated carbocycles. The molecule has 2 atom stereocenters. The van der Waals surface area contributed by atoms with Gasteiger partial charge in [-0.05, 0) is 81.3 Å². The first-order valence-electron chi connectivity index (χ1n) is 17.1. The van der Waals surface area contributed by atoms with Crippen LogP contribution < -0.4 is 14.8 Å². The van der Waals surface area contributed by atoms with Gasteiger partial charge in [-0.2, -0.15) is 0 Å². The van der Waals surface area contributed by atoms with E-state index in [4.69, 9.17) is 30.2 Å². The second kappa shape index (κ2) is 17.2. The van der Waals surface area contributed by atoms with E-state index in [1.807, 2.05) is 36.4 Å². The van der Waals surface area contributed by atoms with Gasteiger partial charge in [-0.15, -0.1) is 0 Å². The molecule has 0 saturated heterocycles. The Morgan fingerprint density at radius 2 is 1.59 bits per heavy atom. The molecule has 5 rings (SSSR count). The van der Waals surface area contributed by atoms with Gasteiger partial charge in [-0.3, -0.25) is 14.4 Å². The topological polar surface area (TPSA) is 165 Å². The first-order valence-corrected chi connectivity index (χ1v) is 17.5. The number of furan rings is 1. The number of hydrogen-bond acceptors (Lipinski definition) is 9. The maximum absolute atomic E-state index is 14.4. The predicted molar refractivity (Wildman–Crippen MR) is 201 cm³/mol. The van der Waals surface area contributed by atoms with Crippen molar-refractivity contribution >= 4 is 47.1 Å². The van der Waals surface area contributed by atoms with Crippen LogP contribution in [0.4, 0.5) is 5.69 Å². The number of carbonyl (C=O) groups excluding carboxylic acids is 3. The average Bonchev–Trinajstić information content (AvgIpc) is 3.81. The molecule has 1 aliphatic heterocycles. The van der Waals surface area contributed by atoms with Crippen LogP contribution in [0.15, 0.2) is 112 Å². The Bertz CT molecular complexity index is 2050. The number of carbonyl (C=O) groups is 4. The lowest BCUT2D eigenvalue weighted by Crippen LogP contribution is -2.44. The van der Waals surface area contributed by atoms with Crippen molar-refractivity contribution in [1.29, 1.82) is 0 Å². The van der Waals surface area contributed by atoms with Crippen LogP contribution in [0.3, 0.4) is 0 Å². The van der Waals surface area contributed by atoms with Gasteiger partial charge in [0.2, 0.25) is 6.79 Å². The Balaban J connectivity index is 1.56. The standard InChI is InChI=1S/C41H41ClN2O10/c1-25(44(23-28(42)19-26-11-7-5-8-12-26)39(49)37(47)32(22-36(45)46)40(50)54-41(2,3)4)31(27-15-17-33-35(20-27)52-24-51-33)21-30-16-18-34(53-30)38(48)43-29-13-9-6-10-14-29/h5-20,25,31,47H,21-24H2,1-4H3,(H,43,48)(H,45,46). The molecule has 2 amide bonds. The summed E-state index contributed by atoms with van der Waals surface area (Å²) < 4.78 is 22.6. The Morgan fingerprint density at radius 3 is 2.26 bits per heavy atom. The third-order valence-corrected chi connectivity index (χ3v) is 8.63. The van der Waals surface area contributed by atoms with Gasteiger partial charge in [0.25, 0.3) is 11.8 Å². The number of esters is 1. The van der Waals surface area contributed by atoms with Gasteiger partial charge >= 0.3 is 11.9 Å². The molecular formula is C41H41ClN2O10. The molecule has 3 aromatic carbocycles. The van der Waals surface area contributed by atoms with Gasteiger partial charge in [0.1, 0.15) is 11.4 Å². The monoisotopic (exact) mass is 756 g/mol. The Hall–Kier alpha value is -6.01. The lowest BCUT2D eigenvalue weighted by Gasteiger charge is -2.35. The maximum atomic E-state index is 14.4. The lowest BCUT2D eigenvalue weighted by molar-refractivity contribution is -0.152. The minimum Gasteiger partial charge on any atom is -0.503 e. The highest BCUT2D eigenvalue weighted by Crippen LogP contribution is 2.38. The van der Waals surface area contributed by atoms with E-state index in [-0.39, 0.29) is 30.6 Å². The van der Waals surface area contributed by atoms with Crippen LogP contribution >= 0.6 is 11.6 Å². The number of anilines is 1. The zero-order chi connectivity index (χ0) is 39.0. The van der Waals surface area contributed by atoms with Crippen molar-refractivity contribution in [3.63, 3.8) is 0 Å². The van der Waals surface area contributed by atoms with Crippen LogP contribution in [-0.4, -0.2) is 63.8 Å². The number of halogens is 1. The molecule has 2 unspecified atom stereocenters. The summed E-state index contributed by atoms with van der Waals surface area (Å²) in [6, 6.07) is 25.7. The minimum atomic E-state index is -1.46. The first kappa shape index (κ1) is 39.2. The first-order chi connectivity index (χ1) is 25.7. The van der Waals surface area contributed by atoms with Crippen molar-refractivity contribution in [2.24, 2.45) is 0 Å². The molecule has 12 nitrogen and oxygen atoms in total.